The van der Waals surface area contributed by atoms with Gasteiger partial charge in [-0.25, -0.2) is 0 Å². The fourth-order valence-electron chi connectivity index (χ4n) is 2.63. The lowest BCUT2D eigenvalue weighted by atomic mass is 9.87. The Bertz CT molecular complexity index is 479. The number of hydrogen-bond donors (Lipinski definition) is 3. The molecule has 2 rings (SSSR count). The smallest absolute Gasteiger partial charge is 0.216 e. The Labute approximate surface area is 128 Å². The van der Waals surface area contributed by atoms with Crippen molar-refractivity contribution in [1.82, 2.24) is 10.6 Å². The number of carbonyl (C=O) groups excluding carboxylic acids is 1. The Morgan fingerprint density at radius 2 is 2.30 bits per heavy atom. The van der Waals surface area contributed by atoms with Crippen molar-refractivity contribution in [2.75, 3.05) is 13.1 Å². The fourth-order valence-corrected chi connectivity index (χ4v) is 3.21. The van der Waals surface area contributed by atoms with Gasteiger partial charge in [-0.15, -0.1) is 0 Å². The van der Waals surface area contributed by atoms with Crippen molar-refractivity contribution in [3.8, 4) is 0 Å². The van der Waals surface area contributed by atoms with Gasteiger partial charge in [0.05, 0.1) is 6.10 Å². The Kier molecular flexibility index (Phi) is 5.57. The molecule has 0 aliphatic heterocycles. The second-order valence-corrected chi connectivity index (χ2v) is 6.11. The molecular weight excluding hydrogens is 320 g/mol. The first-order valence-electron chi connectivity index (χ1n) is 7.01. The molecule has 0 unspecified atom stereocenters. The van der Waals surface area contributed by atoms with Gasteiger partial charge in [0.25, 0.3) is 0 Å². The first-order chi connectivity index (χ1) is 9.58. The van der Waals surface area contributed by atoms with Crippen molar-refractivity contribution in [1.29, 1.82) is 0 Å². The van der Waals surface area contributed by atoms with Gasteiger partial charge in [0, 0.05) is 30.5 Å². The molecule has 5 heteroatoms. The second-order valence-electron chi connectivity index (χ2n) is 5.25. The molecule has 2 atom stereocenters. The molecule has 0 spiro atoms. The molecule has 0 heterocycles. The van der Waals surface area contributed by atoms with Gasteiger partial charge in [0.2, 0.25) is 5.91 Å². The number of rotatable bonds is 5. The van der Waals surface area contributed by atoms with E-state index in [-0.39, 0.29) is 11.9 Å². The Balaban J connectivity index is 1.92. The third-order valence-electron chi connectivity index (χ3n) is 3.64. The van der Waals surface area contributed by atoms with Crippen LogP contribution in [0.5, 0.6) is 0 Å². The van der Waals surface area contributed by atoms with Gasteiger partial charge in [-0.3, -0.25) is 4.79 Å². The van der Waals surface area contributed by atoms with Crippen LogP contribution in [0.4, 0.5) is 0 Å². The average molecular weight is 341 g/mol. The van der Waals surface area contributed by atoms with Crippen LogP contribution in [0.25, 0.3) is 0 Å². The largest absolute Gasteiger partial charge is 0.390 e. The molecule has 1 aromatic rings. The van der Waals surface area contributed by atoms with Gasteiger partial charge >= 0.3 is 0 Å². The van der Waals surface area contributed by atoms with Crippen LogP contribution in [0.15, 0.2) is 22.7 Å². The molecule has 1 aromatic carbocycles. The van der Waals surface area contributed by atoms with E-state index in [1.807, 2.05) is 0 Å². The first kappa shape index (κ1) is 15.5. The van der Waals surface area contributed by atoms with E-state index in [2.05, 4.69) is 44.8 Å². The average Bonchev–Trinajstić information content (AvgIpc) is 2.43. The molecule has 20 heavy (non-hydrogen) atoms. The zero-order chi connectivity index (χ0) is 14.5. The minimum absolute atomic E-state index is 0.115. The van der Waals surface area contributed by atoms with Gasteiger partial charge < -0.3 is 15.7 Å². The Hall–Kier alpha value is -0.910. The first-order valence-corrected chi connectivity index (χ1v) is 7.80. The van der Waals surface area contributed by atoms with Gasteiger partial charge in [-0.1, -0.05) is 28.1 Å². The summed E-state index contributed by atoms with van der Waals surface area (Å²) in [6.45, 7) is 2.23. The van der Waals surface area contributed by atoms with Gasteiger partial charge in [-0.2, -0.15) is 0 Å². The highest BCUT2D eigenvalue weighted by Crippen LogP contribution is 2.33. The van der Waals surface area contributed by atoms with Crippen molar-refractivity contribution >= 4 is 21.8 Å². The van der Waals surface area contributed by atoms with Crippen LogP contribution in [0.1, 0.15) is 36.9 Å². The van der Waals surface area contributed by atoms with Crippen molar-refractivity contribution in [2.45, 2.75) is 38.3 Å². The summed E-state index contributed by atoms with van der Waals surface area (Å²) in [5.41, 5.74) is 2.69. The van der Waals surface area contributed by atoms with E-state index in [0.717, 1.165) is 19.3 Å². The summed E-state index contributed by atoms with van der Waals surface area (Å²) in [6, 6.07) is 6.56. The molecule has 1 aliphatic carbocycles. The Morgan fingerprint density at radius 1 is 1.50 bits per heavy atom. The molecule has 1 amide bonds. The zero-order valence-corrected chi connectivity index (χ0v) is 13.2. The molecule has 3 N–H and O–H groups in total. The fraction of sp³-hybridized carbons (Fsp3) is 0.533. The minimum Gasteiger partial charge on any atom is -0.390 e. The number of aliphatic hydroxyl groups excluding tert-OH is 1. The van der Waals surface area contributed by atoms with E-state index in [0.29, 0.717) is 13.1 Å². The minimum atomic E-state index is -0.559. The van der Waals surface area contributed by atoms with E-state index in [1.54, 1.807) is 0 Å². The van der Waals surface area contributed by atoms with Crippen molar-refractivity contribution in [3.05, 3.63) is 33.8 Å². The van der Waals surface area contributed by atoms with E-state index in [4.69, 9.17) is 0 Å². The summed E-state index contributed by atoms with van der Waals surface area (Å²) in [7, 11) is 0. The molecule has 0 fully saturated rings. The lowest BCUT2D eigenvalue weighted by molar-refractivity contribution is -0.119. The Morgan fingerprint density at radius 3 is 3.05 bits per heavy atom. The van der Waals surface area contributed by atoms with Gasteiger partial charge in [-0.05, 0) is 36.5 Å². The maximum absolute atomic E-state index is 10.8. The highest BCUT2D eigenvalue weighted by Gasteiger charge is 2.21. The van der Waals surface area contributed by atoms with E-state index >= 15 is 0 Å². The van der Waals surface area contributed by atoms with Crippen LogP contribution >= 0.6 is 15.9 Å². The number of nitrogens with one attached hydrogen (secondary N) is 2. The van der Waals surface area contributed by atoms with Crippen LogP contribution < -0.4 is 10.6 Å². The second kappa shape index (κ2) is 7.20. The number of halogens is 1. The molecule has 0 bridgehead atoms. The lowest BCUT2D eigenvalue weighted by Gasteiger charge is -2.28. The maximum atomic E-state index is 10.8. The predicted molar refractivity (Wildman–Crippen MR) is 82.5 cm³/mol. The zero-order valence-electron chi connectivity index (χ0n) is 11.7. The van der Waals surface area contributed by atoms with E-state index < -0.39 is 6.10 Å². The summed E-state index contributed by atoms with van der Waals surface area (Å²) < 4.78 is 1.17. The number of benzene rings is 1. The number of fused-ring (bicyclic) bond motifs is 1. The molecule has 110 valence electrons. The molecule has 0 aromatic heterocycles. The highest BCUT2D eigenvalue weighted by atomic mass is 79.9. The predicted octanol–water partition coefficient (Wildman–Crippen LogP) is 1.91. The summed E-state index contributed by atoms with van der Waals surface area (Å²) in [6.07, 6.45) is 2.77. The lowest BCUT2D eigenvalue weighted by Crippen LogP contribution is -2.39. The third-order valence-corrected chi connectivity index (χ3v) is 4.38. The standard InChI is InChI=1S/C15H21BrN2O2/c1-10(19)17-8-11(20)9-18-15-7-3-4-12-13(15)5-2-6-14(12)16/h2,5-6,11,15,18,20H,3-4,7-9H2,1H3,(H,17,19)/t11-,15-/m0/s1. The summed E-state index contributed by atoms with van der Waals surface area (Å²) in [5.74, 6) is -0.115. The van der Waals surface area contributed by atoms with Crippen LogP contribution in [0.3, 0.4) is 0 Å². The molecule has 4 nitrogen and oxygen atoms in total. The van der Waals surface area contributed by atoms with Crippen LogP contribution in [-0.2, 0) is 11.2 Å². The number of aliphatic hydroxyl groups is 1. The van der Waals surface area contributed by atoms with Crippen LogP contribution in [-0.4, -0.2) is 30.2 Å². The summed E-state index contributed by atoms with van der Waals surface area (Å²) in [5, 5.41) is 15.9. The summed E-state index contributed by atoms with van der Waals surface area (Å²) in [4.78, 5) is 10.8. The van der Waals surface area contributed by atoms with E-state index in [9.17, 15) is 9.90 Å². The monoisotopic (exact) mass is 340 g/mol. The van der Waals surface area contributed by atoms with Gasteiger partial charge in [0.1, 0.15) is 0 Å². The highest BCUT2D eigenvalue weighted by molar-refractivity contribution is 9.10. The van der Waals surface area contributed by atoms with E-state index in [1.165, 1.54) is 22.5 Å². The van der Waals surface area contributed by atoms with Crippen molar-refractivity contribution in [2.24, 2.45) is 0 Å². The topological polar surface area (TPSA) is 61.4 Å². The SMILES string of the molecule is CC(=O)NC[C@H](O)CN[C@H]1CCCc2c(Br)cccc21. The number of amides is 1. The third kappa shape index (κ3) is 4.04. The van der Waals surface area contributed by atoms with Crippen LogP contribution in [0.2, 0.25) is 0 Å². The van der Waals surface area contributed by atoms with Crippen molar-refractivity contribution < 1.29 is 9.90 Å². The van der Waals surface area contributed by atoms with Crippen molar-refractivity contribution in [3.63, 3.8) is 0 Å². The maximum Gasteiger partial charge on any atom is 0.216 e. The molecule has 0 radical (unpaired) electrons. The molecular formula is C15H21BrN2O2. The van der Waals surface area contributed by atoms with Crippen LogP contribution in [0, 0.1) is 0 Å². The number of carbonyl (C=O) groups is 1. The molecule has 0 saturated carbocycles. The quantitative estimate of drug-likeness (QED) is 0.767. The molecule has 1 aliphatic rings. The molecule has 0 saturated heterocycles. The number of hydrogen-bond acceptors (Lipinski definition) is 3. The summed E-state index contributed by atoms with van der Waals surface area (Å²) >= 11 is 3.61. The normalized spacial score (nSPS) is 19.2. The van der Waals surface area contributed by atoms with Gasteiger partial charge in [0.15, 0.2) is 0 Å².